The first-order valence-corrected chi connectivity index (χ1v) is 5.80. The van der Waals surface area contributed by atoms with Crippen molar-refractivity contribution in [1.29, 1.82) is 0 Å². The molecule has 1 atom stereocenters. The second kappa shape index (κ2) is 4.93. The Balaban J connectivity index is 2.07. The fourth-order valence-electron chi connectivity index (χ4n) is 1.57. The molecule has 0 aromatic heterocycles. The van der Waals surface area contributed by atoms with Gasteiger partial charge in [0.1, 0.15) is 5.82 Å². The number of rotatable bonds is 2. The van der Waals surface area contributed by atoms with Crippen LogP contribution in [0.5, 0.6) is 0 Å². The van der Waals surface area contributed by atoms with E-state index in [1.165, 1.54) is 12.1 Å². The number of amides is 1. The zero-order chi connectivity index (χ0) is 11.5. The van der Waals surface area contributed by atoms with E-state index in [0.717, 1.165) is 6.42 Å². The Hall–Kier alpha value is -0.940. The average Bonchev–Trinajstić information content (AvgIpc) is 2.76. The predicted octanol–water partition coefficient (Wildman–Crippen LogP) is 2.56. The van der Waals surface area contributed by atoms with Gasteiger partial charge in [0, 0.05) is 11.1 Å². The van der Waals surface area contributed by atoms with Crippen LogP contribution in [-0.2, 0) is 9.53 Å². The van der Waals surface area contributed by atoms with Gasteiger partial charge in [-0.15, -0.1) is 0 Å². The number of nitrogens with one attached hydrogen (secondary N) is 1. The highest BCUT2D eigenvalue weighted by Crippen LogP contribution is 2.24. The van der Waals surface area contributed by atoms with Crippen molar-refractivity contribution >= 4 is 27.5 Å². The molecule has 1 aliphatic heterocycles. The van der Waals surface area contributed by atoms with Gasteiger partial charge in [-0.25, -0.2) is 4.39 Å². The molecule has 1 amide bonds. The van der Waals surface area contributed by atoms with Gasteiger partial charge in [-0.3, -0.25) is 4.79 Å². The van der Waals surface area contributed by atoms with Crippen LogP contribution in [0, 0.1) is 11.7 Å². The van der Waals surface area contributed by atoms with Gasteiger partial charge in [0.25, 0.3) is 0 Å². The van der Waals surface area contributed by atoms with Gasteiger partial charge in [-0.2, -0.15) is 0 Å². The molecule has 0 aliphatic carbocycles. The monoisotopic (exact) mass is 287 g/mol. The van der Waals surface area contributed by atoms with Crippen LogP contribution in [0.1, 0.15) is 6.42 Å². The second-order valence-corrected chi connectivity index (χ2v) is 4.53. The molecule has 1 saturated heterocycles. The van der Waals surface area contributed by atoms with Crippen molar-refractivity contribution in [2.24, 2.45) is 5.92 Å². The first-order chi connectivity index (χ1) is 7.66. The van der Waals surface area contributed by atoms with Crippen molar-refractivity contribution < 1.29 is 13.9 Å². The van der Waals surface area contributed by atoms with Crippen LogP contribution in [-0.4, -0.2) is 19.1 Å². The molecule has 0 radical (unpaired) electrons. The zero-order valence-corrected chi connectivity index (χ0v) is 10.1. The first-order valence-electron chi connectivity index (χ1n) is 5.00. The molecule has 16 heavy (non-hydrogen) atoms. The van der Waals surface area contributed by atoms with Gasteiger partial charge in [-0.05, 0) is 40.5 Å². The minimum absolute atomic E-state index is 0.121. The minimum Gasteiger partial charge on any atom is -0.381 e. The van der Waals surface area contributed by atoms with E-state index in [1.807, 2.05) is 0 Å². The molecular weight excluding hydrogens is 277 g/mol. The summed E-state index contributed by atoms with van der Waals surface area (Å²) < 4.78 is 18.8. The van der Waals surface area contributed by atoms with Crippen molar-refractivity contribution in [3.05, 3.63) is 28.5 Å². The number of carbonyl (C=O) groups is 1. The van der Waals surface area contributed by atoms with Crippen LogP contribution in [0.3, 0.4) is 0 Å². The maximum Gasteiger partial charge on any atom is 0.229 e. The Morgan fingerprint density at radius 1 is 1.56 bits per heavy atom. The normalized spacial score (nSPS) is 19.8. The van der Waals surface area contributed by atoms with Gasteiger partial charge in [-0.1, -0.05) is 0 Å². The van der Waals surface area contributed by atoms with Gasteiger partial charge in [0.05, 0.1) is 18.2 Å². The SMILES string of the molecule is O=C(Nc1cc(F)ccc1Br)C1CCOC1. The van der Waals surface area contributed by atoms with Crippen molar-refractivity contribution in [3.63, 3.8) is 0 Å². The molecule has 1 aliphatic rings. The number of carbonyl (C=O) groups excluding carboxylic acids is 1. The largest absolute Gasteiger partial charge is 0.381 e. The van der Waals surface area contributed by atoms with Crippen molar-refractivity contribution in [1.82, 2.24) is 0 Å². The van der Waals surface area contributed by atoms with E-state index in [1.54, 1.807) is 6.07 Å². The maximum atomic E-state index is 13.0. The zero-order valence-electron chi connectivity index (χ0n) is 8.50. The molecule has 1 fully saturated rings. The summed E-state index contributed by atoms with van der Waals surface area (Å²) in [6, 6.07) is 4.19. The standard InChI is InChI=1S/C11H11BrFNO2/c12-9-2-1-8(13)5-10(9)14-11(15)7-3-4-16-6-7/h1-2,5,7H,3-4,6H2,(H,14,15). The van der Waals surface area contributed by atoms with Crippen molar-refractivity contribution in [2.75, 3.05) is 18.5 Å². The summed E-state index contributed by atoms with van der Waals surface area (Å²) in [5.41, 5.74) is 0.455. The lowest BCUT2D eigenvalue weighted by atomic mass is 10.1. The summed E-state index contributed by atoms with van der Waals surface area (Å²) >= 11 is 3.25. The third kappa shape index (κ3) is 2.59. The average molecular weight is 288 g/mol. The van der Waals surface area contributed by atoms with Crippen LogP contribution in [0.2, 0.25) is 0 Å². The van der Waals surface area contributed by atoms with Gasteiger partial charge < -0.3 is 10.1 Å². The predicted molar refractivity (Wildman–Crippen MR) is 61.7 cm³/mol. The highest BCUT2D eigenvalue weighted by atomic mass is 79.9. The maximum absolute atomic E-state index is 13.0. The molecule has 1 aromatic carbocycles. The fourth-order valence-corrected chi connectivity index (χ4v) is 1.92. The van der Waals surface area contributed by atoms with Gasteiger partial charge in [0.2, 0.25) is 5.91 Å². The van der Waals surface area contributed by atoms with E-state index in [-0.39, 0.29) is 17.6 Å². The summed E-state index contributed by atoms with van der Waals surface area (Å²) in [7, 11) is 0. The summed E-state index contributed by atoms with van der Waals surface area (Å²) in [5.74, 6) is -0.625. The number of hydrogen-bond donors (Lipinski definition) is 1. The Bertz CT molecular complexity index is 405. The molecule has 86 valence electrons. The molecule has 1 heterocycles. The van der Waals surface area contributed by atoms with E-state index in [4.69, 9.17) is 4.74 Å². The number of anilines is 1. The smallest absolute Gasteiger partial charge is 0.229 e. The van der Waals surface area contributed by atoms with Crippen LogP contribution in [0.4, 0.5) is 10.1 Å². The molecule has 5 heteroatoms. The van der Waals surface area contributed by atoms with E-state index < -0.39 is 0 Å². The summed E-state index contributed by atoms with van der Waals surface area (Å²) in [5, 5.41) is 2.69. The number of hydrogen-bond acceptors (Lipinski definition) is 2. The molecular formula is C11H11BrFNO2. The van der Waals surface area contributed by atoms with E-state index >= 15 is 0 Å². The summed E-state index contributed by atoms with van der Waals surface area (Å²) in [6.45, 7) is 1.06. The van der Waals surface area contributed by atoms with E-state index in [0.29, 0.717) is 23.4 Å². The fraction of sp³-hybridized carbons (Fsp3) is 0.364. The Labute approximate surface area is 101 Å². The van der Waals surface area contributed by atoms with Crippen molar-refractivity contribution in [3.8, 4) is 0 Å². The lowest BCUT2D eigenvalue weighted by Crippen LogP contribution is -2.23. The third-order valence-corrected chi connectivity index (χ3v) is 3.18. The molecule has 1 unspecified atom stereocenters. The molecule has 0 bridgehead atoms. The Kier molecular flexibility index (Phi) is 3.56. The van der Waals surface area contributed by atoms with E-state index in [9.17, 15) is 9.18 Å². The molecule has 3 nitrogen and oxygen atoms in total. The molecule has 2 rings (SSSR count). The second-order valence-electron chi connectivity index (χ2n) is 3.67. The minimum atomic E-state index is -0.374. The van der Waals surface area contributed by atoms with Gasteiger partial charge in [0.15, 0.2) is 0 Å². The molecule has 1 N–H and O–H groups in total. The van der Waals surface area contributed by atoms with Crippen LogP contribution in [0.15, 0.2) is 22.7 Å². The van der Waals surface area contributed by atoms with Crippen molar-refractivity contribution in [2.45, 2.75) is 6.42 Å². The Morgan fingerprint density at radius 2 is 2.38 bits per heavy atom. The molecule has 0 saturated carbocycles. The first kappa shape index (κ1) is 11.5. The summed E-state index contributed by atoms with van der Waals surface area (Å²) in [6.07, 6.45) is 0.721. The van der Waals surface area contributed by atoms with Crippen LogP contribution < -0.4 is 5.32 Å². The van der Waals surface area contributed by atoms with E-state index in [2.05, 4.69) is 21.2 Å². The quantitative estimate of drug-likeness (QED) is 0.908. The molecule has 1 aromatic rings. The highest BCUT2D eigenvalue weighted by Gasteiger charge is 2.23. The summed E-state index contributed by atoms with van der Waals surface area (Å²) in [4.78, 5) is 11.7. The van der Waals surface area contributed by atoms with Crippen LogP contribution >= 0.6 is 15.9 Å². The lowest BCUT2D eigenvalue weighted by Gasteiger charge is -2.10. The molecule has 0 spiro atoms. The lowest BCUT2D eigenvalue weighted by molar-refractivity contribution is -0.119. The number of halogens is 2. The Morgan fingerprint density at radius 3 is 3.06 bits per heavy atom. The number of benzene rings is 1. The number of ether oxygens (including phenoxy) is 1. The van der Waals surface area contributed by atoms with Gasteiger partial charge >= 0.3 is 0 Å². The third-order valence-electron chi connectivity index (χ3n) is 2.49. The highest BCUT2D eigenvalue weighted by molar-refractivity contribution is 9.10. The topological polar surface area (TPSA) is 38.3 Å². The van der Waals surface area contributed by atoms with Crippen LogP contribution in [0.25, 0.3) is 0 Å².